The smallest absolute Gasteiger partial charge is 0.174 e. The van der Waals surface area contributed by atoms with E-state index in [-0.39, 0.29) is 0 Å². The topological polar surface area (TPSA) is 57.2 Å². The molecule has 2 aliphatic heterocycles. The van der Waals surface area contributed by atoms with Crippen LogP contribution in [0.4, 0.5) is 5.69 Å². The first-order valence-electron chi connectivity index (χ1n) is 7.83. The molecule has 2 saturated heterocycles. The molecule has 1 atom stereocenters. The van der Waals surface area contributed by atoms with Crippen molar-refractivity contribution in [1.29, 1.82) is 0 Å². The van der Waals surface area contributed by atoms with Crippen LogP contribution in [0.25, 0.3) is 0 Å². The molecule has 0 N–H and O–H groups in total. The molecule has 2 heterocycles. The van der Waals surface area contributed by atoms with Gasteiger partial charge in [0.15, 0.2) is 4.90 Å². The minimum Gasteiger partial charge on any atom is -0.593 e. The maximum absolute atomic E-state index is 12.5. The molecule has 6 nitrogen and oxygen atoms in total. The van der Waals surface area contributed by atoms with Crippen molar-refractivity contribution in [3.8, 4) is 0 Å². The summed E-state index contributed by atoms with van der Waals surface area (Å²) in [6.07, 6.45) is 0. The monoisotopic (exact) mass is 340 g/mol. The van der Waals surface area contributed by atoms with Gasteiger partial charge in [-0.15, -0.1) is 9.53 Å². The highest BCUT2D eigenvalue weighted by atomic mass is 32.2. The van der Waals surface area contributed by atoms with Gasteiger partial charge in [0, 0.05) is 0 Å². The molecule has 7 heteroatoms. The predicted octanol–water partition coefficient (Wildman–Crippen LogP) is 2.28. The summed E-state index contributed by atoms with van der Waals surface area (Å²) in [7, 11) is 0. The van der Waals surface area contributed by atoms with E-state index in [0.717, 1.165) is 10.6 Å². The molecule has 0 bridgehead atoms. The lowest BCUT2D eigenvalue weighted by Crippen LogP contribution is -2.41. The van der Waals surface area contributed by atoms with E-state index >= 15 is 0 Å². The van der Waals surface area contributed by atoms with E-state index in [1.165, 1.54) is 5.23 Å². The zero-order chi connectivity index (χ0) is 16.7. The van der Waals surface area contributed by atoms with Crippen molar-refractivity contribution in [3.63, 3.8) is 0 Å². The van der Waals surface area contributed by atoms with Crippen LogP contribution in [0, 0.1) is 0 Å². The highest BCUT2D eigenvalue weighted by Gasteiger charge is 2.50. The standard InChI is InChI=1S/C16H24N2O4S/c1-15(2)16(3,4)22-18(21-15)13-5-7-14(8-6-13)23(19)17-9-11-20-12-10-17/h5-8H,9-12H2,1-4H3. The van der Waals surface area contributed by atoms with Crippen LogP contribution in [-0.2, 0) is 25.8 Å². The predicted molar refractivity (Wildman–Crippen MR) is 88.0 cm³/mol. The van der Waals surface area contributed by atoms with Gasteiger partial charge in [-0.05, 0) is 52.0 Å². The number of ether oxygens (including phenoxy) is 1. The molecule has 0 amide bonds. The molecular weight excluding hydrogens is 316 g/mol. The van der Waals surface area contributed by atoms with E-state index in [9.17, 15) is 4.55 Å². The number of nitrogens with zero attached hydrogens (tertiary/aromatic N) is 2. The molecule has 2 fully saturated rings. The molecule has 1 aromatic carbocycles. The third-order valence-corrected chi connectivity index (χ3v) is 6.04. The normalized spacial score (nSPS) is 25.5. The molecule has 0 aliphatic carbocycles. The van der Waals surface area contributed by atoms with Crippen molar-refractivity contribution in [2.24, 2.45) is 0 Å². The maximum atomic E-state index is 12.5. The van der Waals surface area contributed by atoms with Crippen molar-refractivity contribution in [2.45, 2.75) is 43.8 Å². The SMILES string of the molecule is CC1(C)ON(c2ccc([S+]([O-])N3CCOCC3)cc2)OC1(C)C. The Morgan fingerprint density at radius 3 is 2.00 bits per heavy atom. The zero-order valence-electron chi connectivity index (χ0n) is 14.1. The third-order valence-electron chi connectivity index (χ3n) is 4.53. The lowest BCUT2D eigenvalue weighted by atomic mass is 9.90. The van der Waals surface area contributed by atoms with E-state index < -0.39 is 22.6 Å². The Morgan fingerprint density at radius 2 is 1.48 bits per heavy atom. The van der Waals surface area contributed by atoms with Crippen LogP contribution < -0.4 is 5.23 Å². The van der Waals surface area contributed by atoms with Crippen molar-refractivity contribution < 1.29 is 19.0 Å². The van der Waals surface area contributed by atoms with Gasteiger partial charge in [0.05, 0.1) is 43.4 Å². The summed E-state index contributed by atoms with van der Waals surface area (Å²) in [5.74, 6) is 0. The molecule has 23 heavy (non-hydrogen) atoms. The Labute approximate surface area is 140 Å². The molecule has 1 unspecified atom stereocenters. The first kappa shape index (κ1) is 17.0. The molecular formula is C16H24N2O4S. The molecule has 1 aromatic rings. The van der Waals surface area contributed by atoms with Gasteiger partial charge in [-0.1, -0.05) is 0 Å². The Hall–Kier alpha value is -0.830. The van der Waals surface area contributed by atoms with E-state index in [0.29, 0.717) is 26.3 Å². The van der Waals surface area contributed by atoms with Crippen molar-refractivity contribution in [2.75, 3.05) is 31.5 Å². The molecule has 3 rings (SSSR count). The molecule has 0 spiro atoms. The summed E-state index contributed by atoms with van der Waals surface area (Å²) in [4.78, 5) is 12.5. The van der Waals surface area contributed by atoms with Crippen LogP contribution in [0.15, 0.2) is 29.2 Å². The Kier molecular flexibility index (Phi) is 4.61. The van der Waals surface area contributed by atoms with E-state index in [1.807, 2.05) is 56.3 Å². The second-order valence-corrected chi connectivity index (χ2v) is 8.23. The van der Waals surface area contributed by atoms with Gasteiger partial charge < -0.3 is 9.29 Å². The van der Waals surface area contributed by atoms with Gasteiger partial charge in [0.2, 0.25) is 0 Å². The summed E-state index contributed by atoms with van der Waals surface area (Å²) in [6, 6.07) is 7.44. The Bertz CT molecular complexity index is 528. The minimum atomic E-state index is -1.16. The first-order chi connectivity index (χ1) is 10.8. The molecule has 2 aliphatic rings. The van der Waals surface area contributed by atoms with Gasteiger partial charge in [0.25, 0.3) is 0 Å². The zero-order valence-corrected chi connectivity index (χ0v) is 14.9. The quantitative estimate of drug-likeness (QED) is 0.787. The third kappa shape index (κ3) is 3.35. The van der Waals surface area contributed by atoms with Crippen LogP contribution in [0.1, 0.15) is 27.7 Å². The average Bonchev–Trinajstić information content (AvgIpc) is 2.76. The summed E-state index contributed by atoms with van der Waals surface area (Å²) >= 11 is -1.16. The molecule has 128 valence electrons. The van der Waals surface area contributed by atoms with Crippen molar-refractivity contribution in [1.82, 2.24) is 4.31 Å². The van der Waals surface area contributed by atoms with Crippen LogP contribution in [0.2, 0.25) is 0 Å². The number of benzene rings is 1. The highest BCUT2D eigenvalue weighted by Crippen LogP contribution is 2.39. The summed E-state index contributed by atoms with van der Waals surface area (Å²) < 4.78 is 19.8. The summed E-state index contributed by atoms with van der Waals surface area (Å²) in [6.45, 7) is 10.6. The van der Waals surface area contributed by atoms with Crippen LogP contribution >= 0.6 is 0 Å². The number of hydrogen-bond donors (Lipinski definition) is 0. The van der Waals surface area contributed by atoms with E-state index in [4.69, 9.17) is 14.4 Å². The Balaban J connectivity index is 1.70. The average molecular weight is 340 g/mol. The minimum absolute atomic E-state index is 0.428. The van der Waals surface area contributed by atoms with Gasteiger partial charge in [0.1, 0.15) is 11.2 Å². The fraction of sp³-hybridized carbons (Fsp3) is 0.625. The first-order valence-corrected chi connectivity index (χ1v) is 8.94. The van der Waals surface area contributed by atoms with Crippen LogP contribution in [0.3, 0.4) is 0 Å². The molecule has 0 aromatic heterocycles. The number of hydrogen-bond acceptors (Lipinski definition) is 6. The van der Waals surface area contributed by atoms with E-state index in [1.54, 1.807) is 0 Å². The summed E-state index contributed by atoms with van der Waals surface area (Å²) in [5.41, 5.74) is -0.0729. The molecule has 0 radical (unpaired) electrons. The number of morpholine rings is 1. The lowest BCUT2D eigenvalue weighted by Gasteiger charge is -2.27. The van der Waals surface area contributed by atoms with Crippen molar-refractivity contribution in [3.05, 3.63) is 24.3 Å². The van der Waals surface area contributed by atoms with Crippen LogP contribution in [0.5, 0.6) is 0 Å². The van der Waals surface area contributed by atoms with Gasteiger partial charge >= 0.3 is 0 Å². The fourth-order valence-corrected chi connectivity index (χ4v) is 3.45. The van der Waals surface area contributed by atoms with Gasteiger partial charge in [-0.2, -0.15) is 0 Å². The fourth-order valence-electron chi connectivity index (χ4n) is 2.30. The maximum Gasteiger partial charge on any atom is 0.174 e. The summed E-state index contributed by atoms with van der Waals surface area (Å²) in [5, 5.41) is 1.45. The second-order valence-electron chi connectivity index (χ2n) is 6.74. The van der Waals surface area contributed by atoms with E-state index in [2.05, 4.69) is 0 Å². The number of anilines is 1. The van der Waals surface area contributed by atoms with Crippen molar-refractivity contribution >= 4 is 17.0 Å². The largest absolute Gasteiger partial charge is 0.593 e. The van der Waals surface area contributed by atoms with Gasteiger partial charge in [-0.25, -0.2) is 9.68 Å². The van der Waals surface area contributed by atoms with Crippen LogP contribution in [-0.4, -0.2) is 46.4 Å². The lowest BCUT2D eigenvalue weighted by molar-refractivity contribution is -0.0273. The number of rotatable bonds is 3. The molecule has 0 saturated carbocycles. The highest BCUT2D eigenvalue weighted by molar-refractivity contribution is 7.89. The van der Waals surface area contributed by atoms with Gasteiger partial charge in [-0.3, -0.25) is 0 Å². The second kappa shape index (κ2) is 6.23. The Morgan fingerprint density at radius 1 is 0.957 bits per heavy atom.